The topological polar surface area (TPSA) is 12.9 Å². The van der Waals surface area contributed by atoms with Crippen LogP contribution in [0.4, 0.5) is 0 Å². The van der Waals surface area contributed by atoms with Gasteiger partial charge in [-0.3, -0.25) is 4.98 Å². The fourth-order valence-electron chi connectivity index (χ4n) is 2.46. The molecule has 0 unspecified atom stereocenters. The fourth-order valence-corrected chi connectivity index (χ4v) is 2.46. The Kier molecular flexibility index (Phi) is 2.45. The van der Waals surface area contributed by atoms with Gasteiger partial charge in [-0.1, -0.05) is 18.2 Å². The van der Waals surface area contributed by atoms with E-state index in [1.807, 2.05) is 12.4 Å². The van der Waals surface area contributed by atoms with Gasteiger partial charge in [-0.25, -0.2) is 0 Å². The smallest absolute Gasteiger partial charge is 0.0273 e. The molecule has 1 aromatic carbocycles. The average molecular weight is 209 g/mol. The van der Waals surface area contributed by atoms with Crippen molar-refractivity contribution in [3.8, 4) is 11.1 Å². The van der Waals surface area contributed by atoms with Crippen LogP contribution in [-0.2, 0) is 12.8 Å². The van der Waals surface area contributed by atoms with E-state index in [-0.39, 0.29) is 0 Å². The van der Waals surface area contributed by atoms with Gasteiger partial charge < -0.3 is 0 Å². The minimum atomic E-state index is 1.24. The van der Waals surface area contributed by atoms with Gasteiger partial charge in [0.05, 0.1) is 0 Å². The molecule has 1 aliphatic rings. The van der Waals surface area contributed by atoms with Gasteiger partial charge in [0.1, 0.15) is 0 Å². The second-order valence-electron chi connectivity index (χ2n) is 4.43. The first-order valence-corrected chi connectivity index (χ1v) is 5.96. The first-order valence-electron chi connectivity index (χ1n) is 5.96. The molecule has 1 nitrogen and oxygen atoms in total. The zero-order chi connectivity index (χ0) is 10.8. The summed E-state index contributed by atoms with van der Waals surface area (Å²) in [6.45, 7) is 0. The van der Waals surface area contributed by atoms with E-state index in [1.165, 1.54) is 36.8 Å². The quantitative estimate of drug-likeness (QED) is 0.699. The lowest BCUT2D eigenvalue weighted by molar-refractivity contribution is 0.686. The summed E-state index contributed by atoms with van der Waals surface area (Å²) < 4.78 is 0. The first-order chi connectivity index (χ1) is 7.93. The molecule has 0 fully saturated rings. The molecule has 0 saturated carbocycles. The molecule has 0 aliphatic heterocycles. The fraction of sp³-hybridized carbons (Fsp3) is 0.267. The van der Waals surface area contributed by atoms with Gasteiger partial charge in [-0.15, -0.1) is 0 Å². The first kappa shape index (κ1) is 9.59. The normalized spacial score (nSPS) is 14.5. The van der Waals surface area contributed by atoms with Crippen LogP contribution >= 0.6 is 0 Å². The third-order valence-electron chi connectivity index (χ3n) is 3.36. The average Bonchev–Trinajstić information content (AvgIpc) is 2.39. The van der Waals surface area contributed by atoms with Crippen molar-refractivity contribution >= 4 is 0 Å². The van der Waals surface area contributed by atoms with Gasteiger partial charge in [-0.2, -0.15) is 0 Å². The Morgan fingerprint density at radius 3 is 2.31 bits per heavy atom. The van der Waals surface area contributed by atoms with Crippen LogP contribution in [-0.4, -0.2) is 4.98 Å². The minimum absolute atomic E-state index is 1.24. The van der Waals surface area contributed by atoms with Crippen LogP contribution in [0.3, 0.4) is 0 Å². The summed E-state index contributed by atoms with van der Waals surface area (Å²) in [5, 5.41) is 0. The van der Waals surface area contributed by atoms with Gasteiger partial charge in [0, 0.05) is 12.4 Å². The summed E-state index contributed by atoms with van der Waals surface area (Å²) in [4.78, 5) is 4.06. The molecule has 3 rings (SSSR count). The molecule has 80 valence electrons. The summed E-state index contributed by atoms with van der Waals surface area (Å²) in [6, 6.07) is 11.0. The molecule has 1 aliphatic carbocycles. The van der Waals surface area contributed by atoms with E-state index in [0.29, 0.717) is 0 Å². The van der Waals surface area contributed by atoms with Crippen LogP contribution in [0.1, 0.15) is 24.0 Å². The number of aromatic nitrogens is 1. The van der Waals surface area contributed by atoms with Crippen LogP contribution in [0.5, 0.6) is 0 Å². The molecule has 0 amide bonds. The van der Waals surface area contributed by atoms with Crippen LogP contribution in [0.25, 0.3) is 11.1 Å². The molecule has 0 saturated heterocycles. The molecular formula is C15H15N. The lowest BCUT2D eigenvalue weighted by Gasteiger charge is -2.16. The van der Waals surface area contributed by atoms with Gasteiger partial charge >= 0.3 is 0 Å². The highest BCUT2D eigenvalue weighted by molar-refractivity contribution is 5.64. The Balaban J connectivity index is 2.03. The zero-order valence-electron chi connectivity index (χ0n) is 9.32. The van der Waals surface area contributed by atoms with Crippen molar-refractivity contribution in [1.29, 1.82) is 0 Å². The Hall–Kier alpha value is -1.63. The molecule has 0 bridgehead atoms. The van der Waals surface area contributed by atoms with Crippen LogP contribution in [0, 0.1) is 0 Å². The van der Waals surface area contributed by atoms with E-state index in [0.717, 1.165) is 0 Å². The van der Waals surface area contributed by atoms with Crippen molar-refractivity contribution < 1.29 is 0 Å². The van der Waals surface area contributed by atoms with Crippen LogP contribution in [0.2, 0.25) is 0 Å². The van der Waals surface area contributed by atoms with Crippen molar-refractivity contribution in [3.63, 3.8) is 0 Å². The third kappa shape index (κ3) is 1.73. The lowest BCUT2D eigenvalue weighted by atomic mass is 9.89. The van der Waals surface area contributed by atoms with Gasteiger partial charge in [0.15, 0.2) is 0 Å². The maximum atomic E-state index is 4.06. The van der Waals surface area contributed by atoms with Crippen LogP contribution < -0.4 is 0 Å². The number of nitrogens with zero attached hydrogens (tertiary/aromatic N) is 1. The van der Waals surface area contributed by atoms with E-state index in [4.69, 9.17) is 0 Å². The molecule has 0 spiro atoms. The molecular weight excluding hydrogens is 194 g/mol. The number of rotatable bonds is 1. The Labute approximate surface area is 96.2 Å². The maximum absolute atomic E-state index is 4.06. The summed E-state index contributed by atoms with van der Waals surface area (Å²) in [7, 11) is 0. The van der Waals surface area contributed by atoms with E-state index in [1.54, 1.807) is 11.1 Å². The molecule has 1 aromatic heterocycles. The number of fused-ring (bicyclic) bond motifs is 1. The molecule has 0 atom stereocenters. The van der Waals surface area contributed by atoms with E-state index < -0.39 is 0 Å². The summed E-state index contributed by atoms with van der Waals surface area (Å²) in [5.41, 5.74) is 5.68. The largest absolute Gasteiger partial charge is 0.265 e. The molecule has 0 N–H and O–H groups in total. The number of aryl methyl sites for hydroxylation is 2. The number of benzene rings is 1. The summed E-state index contributed by atoms with van der Waals surface area (Å²) >= 11 is 0. The maximum Gasteiger partial charge on any atom is 0.0273 e. The molecule has 1 heterocycles. The molecule has 0 radical (unpaired) electrons. The standard InChI is InChI=1S/C15H15N/c1-2-4-14-11-15(6-5-12(14)3-1)13-7-9-16-10-8-13/h5-11H,1-4H2. The monoisotopic (exact) mass is 209 g/mol. The number of hydrogen-bond acceptors (Lipinski definition) is 1. The van der Waals surface area contributed by atoms with Crippen molar-refractivity contribution in [1.82, 2.24) is 4.98 Å². The highest BCUT2D eigenvalue weighted by Gasteiger charge is 2.09. The third-order valence-corrected chi connectivity index (χ3v) is 3.36. The van der Waals surface area contributed by atoms with E-state index >= 15 is 0 Å². The van der Waals surface area contributed by atoms with E-state index in [9.17, 15) is 0 Å². The predicted molar refractivity (Wildman–Crippen MR) is 66.3 cm³/mol. The minimum Gasteiger partial charge on any atom is -0.265 e. The van der Waals surface area contributed by atoms with Gasteiger partial charge in [0.25, 0.3) is 0 Å². The van der Waals surface area contributed by atoms with Crippen molar-refractivity contribution in [2.75, 3.05) is 0 Å². The molecule has 16 heavy (non-hydrogen) atoms. The Morgan fingerprint density at radius 2 is 1.50 bits per heavy atom. The lowest BCUT2D eigenvalue weighted by Crippen LogP contribution is -2.02. The van der Waals surface area contributed by atoms with Crippen LogP contribution in [0.15, 0.2) is 42.7 Å². The van der Waals surface area contributed by atoms with Gasteiger partial charge in [-0.05, 0) is 60.1 Å². The van der Waals surface area contributed by atoms with Crippen molar-refractivity contribution in [2.24, 2.45) is 0 Å². The molecule has 1 heteroatoms. The van der Waals surface area contributed by atoms with Gasteiger partial charge in [0.2, 0.25) is 0 Å². The zero-order valence-corrected chi connectivity index (χ0v) is 9.32. The summed E-state index contributed by atoms with van der Waals surface area (Å²) in [5.74, 6) is 0. The van der Waals surface area contributed by atoms with E-state index in [2.05, 4.69) is 35.3 Å². The number of hydrogen-bond donors (Lipinski definition) is 0. The second kappa shape index (κ2) is 4.09. The summed E-state index contributed by atoms with van der Waals surface area (Å²) in [6.07, 6.45) is 8.90. The number of pyridine rings is 1. The Morgan fingerprint density at radius 1 is 0.750 bits per heavy atom. The Bertz CT molecular complexity index is 488. The highest BCUT2D eigenvalue weighted by Crippen LogP contribution is 2.26. The SMILES string of the molecule is c1cc(-c2ccc3c(c2)CCCC3)ccn1. The predicted octanol–water partition coefficient (Wildman–Crippen LogP) is 3.63. The second-order valence-corrected chi connectivity index (χ2v) is 4.43. The van der Waals surface area contributed by atoms with Crippen molar-refractivity contribution in [3.05, 3.63) is 53.9 Å². The van der Waals surface area contributed by atoms with Crippen molar-refractivity contribution in [2.45, 2.75) is 25.7 Å². The molecule has 2 aromatic rings. The highest BCUT2D eigenvalue weighted by atomic mass is 14.6.